The zero-order valence-electron chi connectivity index (χ0n) is 19.3. The molecule has 0 saturated heterocycles. The topological polar surface area (TPSA) is 90.2 Å². The third kappa shape index (κ3) is 5.61. The van der Waals surface area contributed by atoms with Crippen LogP contribution in [0.1, 0.15) is 75.5 Å². The van der Waals surface area contributed by atoms with Crippen LogP contribution in [0.2, 0.25) is 0 Å². The lowest BCUT2D eigenvalue weighted by Gasteiger charge is -2.28. The summed E-state index contributed by atoms with van der Waals surface area (Å²) in [6.45, 7) is 13.4. The van der Waals surface area contributed by atoms with E-state index >= 15 is 0 Å². The van der Waals surface area contributed by atoms with Gasteiger partial charge in [-0.15, -0.1) is 0 Å². The lowest BCUT2D eigenvalue weighted by atomic mass is 9.78. The van der Waals surface area contributed by atoms with Gasteiger partial charge in [0.1, 0.15) is 17.4 Å². The second kappa shape index (κ2) is 8.77. The number of phenols is 1. The Morgan fingerprint density at radius 1 is 1.00 bits per heavy atom. The normalized spacial score (nSPS) is 12.3. The second-order valence-corrected chi connectivity index (χ2v) is 9.69. The molecule has 0 aliphatic carbocycles. The predicted molar refractivity (Wildman–Crippen MR) is 124 cm³/mol. The highest BCUT2D eigenvalue weighted by Crippen LogP contribution is 2.40. The molecule has 0 aliphatic rings. The van der Waals surface area contributed by atoms with Gasteiger partial charge in [-0.2, -0.15) is 5.26 Å². The minimum Gasteiger partial charge on any atom is -0.507 e. The molecule has 2 N–H and O–H groups in total. The highest BCUT2D eigenvalue weighted by Gasteiger charge is 2.26. The van der Waals surface area contributed by atoms with Gasteiger partial charge in [-0.05, 0) is 53.7 Å². The lowest BCUT2D eigenvalue weighted by molar-refractivity contribution is -0.112. The standard InChI is InChI=1S/C26H30N2O3/c1-16(29)19-10-8-9-11-22(19)28-24(31)18(15-27)12-17-13-20(25(2,3)4)23(30)21(14-17)26(5,6)7/h8-14,30H,1-7H3,(H,28,31)/b18-12-. The third-order valence-corrected chi connectivity index (χ3v) is 4.98. The van der Waals surface area contributed by atoms with E-state index in [9.17, 15) is 20.0 Å². The summed E-state index contributed by atoms with van der Waals surface area (Å²) >= 11 is 0. The smallest absolute Gasteiger partial charge is 0.266 e. The summed E-state index contributed by atoms with van der Waals surface area (Å²) in [6.07, 6.45) is 1.51. The molecule has 1 amide bonds. The molecule has 2 aromatic carbocycles. The number of nitrogens with zero attached hydrogens (tertiary/aromatic N) is 1. The van der Waals surface area contributed by atoms with Gasteiger partial charge in [0.2, 0.25) is 0 Å². The van der Waals surface area contributed by atoms with Crippen LogP contribution in [0.3, 0.4) is 0 Å². The van der Waals surface area contributed by atoms with E-state index in [0.29, 0.717) is 16.8 Å². The molecule has 0 aliphatic heterocycles. The van der Waals surface area contributed by atoms with Gasteiger partial charge in [-0.25, -0.2) is 0 Å². The summed E-state index contributed by atoms with van der Waals surface area (Å²) in [5.41, 5.74) is 2.12. The van der Waals surface area contributed by atoms with Crippen LogP contribution >= 0.6 is 0 Å². The molecule has 5 nitrogen and oxygen atoms in total. The third-order valence-electron chi connectivity index (χ3n) is 4.98. The van der Waals surface area contributed by atoms with Crippen molar-refractivity contribution >= 4 is 23.5 Å². The molecule has 162 valence electrons. The Morgan fingerprint density at radius 3 is 1.97 bits per heavy atom. The van der Waals surface area contributed by atoms with Crippen molar-refractivity contribution in [3.63, 3.8) is 0 Å². The van der Waals surface area contributed by atoms with E-state index in [1.54, 1.807) is 36.4 Å². The summed E-state index contributed by atoms with van der Waals surface area (Å²) in [6, 6.07) is 12.2. The SMILES string of the molecule is CC(=O)c1ccccc1NC(=O)/C(C#N)=C\c1cc(C(C)(C)C)c(O)c(C(C)(C)C)c1. The monoisotopic (exact) mass is 418 g/mol. The number of ketones is 1. The van der Waals surface area contributed by atoms with Crippen LogP contribution in [0.25, 0.3) is 6.08 Å². The van der Waals surface area contributed by atoms with Gasteiger partial charge in [-0.3, -0.25) is 9.59 Å². The Morgan fingerprint density at radius 2 is 1.52 bits per heavy atom. The van der Waals surface area contributed by atoms with Crippen molar-refractivity contribution in [2.24, 2.45) is 0 Å². The van der Waals surface area contributed by atoms with E-state index < -0.39 is 5.91 Å². The number of anilines is 1. The number of Topliss-reactive ketones (excluding diaryl/α,β-unsaturated/α-hetero) is 1. The maximum atomic E-state index is 12.8. The Bertz CT molecular complexity index is 1060. The summed E-state index contributed by atoms with van der Waals surface area (Å²) in [5, 5.41) is 23.2. The Labute approximate surface area is 184 Å². The van der Waals surface area contributed by atoms with Crippen molar-refractivity contribution in [2.45, 2.75) is 59.3 Å². The van der Waals surface area contributed by atoms with E-state index in [2.05, 4.69) is 5.32 Å². The van der Waals surface area contributed by atoms with Gasteiger partial charge in [0.05, 0.1) is 5.69 Å². The summed E-state index contributed by atoms with van der Waals surface area (Å²) in [5.74, 6) is -0.545. The number of phenolic OH excluding ortho intramolecular Hbond substituents is 1. The van der Waals surface area contributed by atoms with Gasteiger partial charge in [0.25, 0.3) is 5.91 Å². The first-order valence-corrected chi connectivity index (χ1v) is 10.2. The number of amides is 1. The second-order valence-electron chi connectivity index (χ2n) is 9.69. The molecule has 2 aromatic rings. The van der Waals surface area contributed by atoms with Gasteiger partial charge in [-0.1, -0.05) is 53.7 Å². The number of hydrogen-bond acceptors (Lipinski definition) is 4. The van der Waals surface area contributed by atoms with Crippen molar-refractivity contribution in [3.8, 4) is 11.8 Å². The van der Waals surface area contributed by atoms with Crippen molar-refractivity contribution < 1.29 is 14.7 Å². The van der Waals surface area contributed by atoms with E-state index in [1.807, 2.05) is 47.6 Å². The van der Waals surface area contributed by atoms with Gasteiger partial charge in [0.15, 0.2) is 5.78 Å². The van der Waals surface area contributed by atoms with Crippen LogP contribution in [0.15, 0.2) is 42.0 Å². The highest BCUT2D eigenvalue weighted by molar-refractivity contribution is 6.12. The molecule has 0 fully saturated rings. The quantitative estimate of drug-likeness (QED) is 0.377. The Kier molecular flexibility index (Phi) is 6.76. The van der Waals surface area contributed by atoms with Crippen molar-refractivity contribution in [2.75, 3.05) is 5.32 Å². The first-order valence-electron chi connectivity index (χ1n) is 10.2. The fraction of sp³-hybridized carbons (Fsp3) is 0.346. The lowest BCUT2D eigenvalue weighted by Crippen LogP contribution is -2.18. The Hall–Kier alpha value is -3.39. The van der Waals surface area contributed by atoms with Crippen LogP contribution in [-0.4, -0.2) is 16.8 Å². The highest BCUT2D eigenvalue weighted by atomic mass is 16.3. The molecule has 0 atom stereocenters. The molecule has 0 spiro atoms. The maximum absolute atomic E-state index is 12.8. The maximum Gasteiger partial charge on any atom is 0.266 e. The number of rotatable bonds is 4. The average Bonchev–Trinajstić information content (AvgIpc) is 2.65. The zero-order chi connectivity index (χ0) is 23.6. The van der Waals surface area contributed by atoms with E-state index in [1.165, 1.54) is 13.0 Å². The molecule has 0 radical (unpaired) electrons. The van der Waals surface area contributed by atoms with E-state index in [0.717, 1.165) is 11.1 Å². The largest absolute Gasteiger partial charge is 0.507 e. The number of benzene rings is 2. The van der Waals surface area contributed by atoms with Crippen molar-refractivity contribution in [1.29, 1.82) is 5.26 Å². The molecule has 0 bridgehead atoms. The van der Waals surface area contributed by atoms with Gasteiger partial charge >= 0.3 is 0 Å². The molecule has 0 heterocycles. The molecule has 0 aromatic heterocycles. The van der Waals surface area contributed by atoms with E-state index in [-0.39, 0.29) is 27.9 Å². The number of nitriles is 1. The summed E-state index contributed by atoms with van der Waals surface area (Å²) in [7, 11) is 0. The zero-order valence-corrected chi connectivity index (χ0v) is 19.3. The van der Waals surface area contributed by atoms with Gasteiger partial charge in [0, 0.05) is 16.7 Å². The van der Waals surface area contributed by atoms with Crippen molar-refractivity contribution in [3.05, 3.63) is 64.2 Å². The van der Waals surface area contributed by atoms with Crippen LogP contribution in [-0.2, 0) is 15.6 Å². The average molecular weight is 419 g/mol. The number of nitrogens with one attached hydrogen (secondary N) is 1. The first-order chi connectivity index (χ1) is 14.3. The number of carbonyl (C=O) groups is 2. The summed E-state index contributed by atoms with van der Waals surface area (Å²) < 4.78 is 0. The molecular weight excluding hydrogens is 388 g/mol. The fourth-order valence-corrected chi connectivity index (χ4v) is 3.29. The number of hydrogen-bond donors (Lipinski definition) is 2. The van der Waals surface area contributed by atoms with E-state index in [4.69, 9.17) is 0 Å². The number of aromatic hydroxyl groups is 1. The van der Waals surface area contributed by atoms with Crippen LogP contribution in [0.4, 0.5) is 5.69 Å². The van der Waals surface area contributed by atoms with Crippen LogP contribution < -0.4 is 5.32 Å². The number of carbonyl (C=O) groups excluding carboxylic acids is 2. The number of para-hydroxylation sites is 1. The summed E-state index contributed by atoms with van der Waals surface area (Å²) in [4.78, 5) is 24.6. The van der Waals surface area contributed by atoms with Gasteiger partial charge < -0.3 is 10.4 Å². The molecule has 2 rings (SSSR count). The van der Waals surface area contributed by atoms with Crippen LogP contribution in [0.5, 0.6) is 5.75 Å². The minimum absolute atomic E-state index is 0.0937. The molecule has 0 unspecified atom stereocenters. The predicted octanol–water partition coefficient (Wildman–Crippen LogP) is 5.74. The minimum atomic E-state index is -0.598. The fourth-order valence-electron chi connectivity index (χ4n) is 3.29. The first kappa shape index (κ1) is 23.9. The molecule has 31 heavy (non-hydrogen) atoms. The van der Waals surface area contributed by atoms with Crippen LogP contribution in [0, 0.1) is 11.3 Å². The Balaban J connectivity index is 2.55. The van der Waals surface area contributed by atoms with Crippen molar-refractivity contribution in [1.82, 2.24) is 0 Å². The molecule has 0 saturated carbocycles. The molecule has 5 heteroatoms. The molecular formula is C26H30N2O3.